The predicted molar refractivity (Wildman–Crippen MR) is 47.5 cm³/mol. The van der Waals surface area contributed by atoms with Gasteiger partial charge in [0.2, 0.25) is 0 Å². The highest BCUT2D eigenvalue weighted by Gasteiger charge is 2.33. The Morgan fingerprint density at radius 3 is 2.57 bits per heavy atom. The number of carbonyl (C=O) groups is 1. The van der Waals surface area contributed by atoms with Gasteiger partial charge in [0.25, 0.3) is 0 Å². The van der Waals surface area contributed by atoms with Crippen molar-refractivity contribution in [2.45, 2.75) is 24.7 Å². The lowest BCUT2D eigenvalue weighted by Crippen LogP contribution is -2.42. The third kappa shape index (κ3) is 2.12. The largest absolute Gasteiger partial charge is 0.466 e. The van der Waals surface area contributed by atoms with Gasteiger partial charge in [0.15, 0.2) is 0 Å². The summed E-state index contributed by atoms with van der Waals surface area (Å²) in [6.45, 7) is 0. The molecule has 0 fully saturated rings. The molecule has 3 atom stereocenters. The van der Waals surface area contributed by atoms with Gasteiger partial charge in [-0.15, -0.1) is 0 Å². The summed E-state index contributed by atoms with van der Waals surface area (Å²) in [7, 11) is 2.65. The highest BCUT2D eigenvalue weighted by Crippen LogP contribution is 2.22. The summed E-state index contributed by atoms with van der Waals surface area (Å²) in [6, 6.07) is 0. The molecule has 2 N–H and O–H groups in total. The van der Waals surface area contributed by atoms with Crippen LogP contribution in [0.4, 0.5) is 0 Å². The van der Waals surface area contributed by atoms with Gasteiger partial charge in [0.1, 0.15) is 12.2 Å². The molecule has 1 rings (SSSR count). The van der Waals surface area contributed by atoms with Gasteiger partial charge in [-0.05, 0) is 6.08 Å². The van der Waals surface area contributed by atoms with Crippen molar-refractivity contribution in [1.82, 2.24) is 0 Å². The second kappa shape index (κ2) is 4.54. The minimum atomic E-state index is -0.974. The first-order valence-electron chi connectivity index (χ1n) is 4.28. The molecule has 0 aromatic carbocycles. The minimum Gasteiger partial charge on any atom is -0.466 e. The lowest BCUT2D eigenvalue weighted by Gasteiger charge is -2.29. The van der Waals surface area contributed by atoms with E-state index in [9.17, 15) is 15.0 Å². The van der Waals surface area contributed by atoms with Crippen LogP contribution in [0.15, 0.2) is 11.6 Å². The molecule has 5 heteroatoms. The van der Waals surface area contributed by atoms with Crippen LogP contribution in [0.25, 0.3) is 0 Å². The van der Waals surface area contributed by atoms with Crippen LogP contribution >= 0.6 is 0 Å². The lowest BCUT2D eigenvalue weighted by atomic mass is 9.92. The van der Waals surface area contributed by atoms with Crippen LogP contribution in [0.2, 0.25) is 0 Å². The molecule has 0 radical (unpaired) electrons. The van der Waals surface area contributed by atoms with Gasteiger partial charge >= 0.3 is 5.97 Å². The number of aliphatic hydroxyl groups excluding tert-OH is 2. The summed E-state index contributed by atoms with van der Waals surface area (Å²) in [4.78, 5) is 11.1. The Morgan fingerprint density at radius 2 is 2.14 bits per heavy atom. The Hall–Kier alpha value is -0.910. The van der Waals surface area contributed by atoms with Crippen LogP contribution in [0, 0.1) is 0 Å². The number of aliphatic hydroxyl groups is 2. The summed E-state index contributed by atoms with van der Waals surface area (Å²) in [5.41, 5.74) is 0.279. The Kier molecular flexibility index (Phi) is 3.62. The monoisotopic (exact) mass is 202 g/mol. The van der Waals surface area contributed by atoms with E-state index in [4.69, 9.17) is 4.74 Å². The molecule has 0 amide bonds. The molecule has 0 aromatic heterocycles. The Labute approximate surface area is 81.9 Å². The highest BCUT2D eigenvalue weighted by molar-refractivity contribution is 5.88. The van der Waals surface area contributed by atoms with Gasteiger partial charge in [0, 0.05) is 19.1 Å². The Bertz CT molecular complexity index is 248. The van der Waals surface area contributed by atoms with Gasteiger partial charge in [-0.1, -0.05) is 0 Å². The molecule has 0 aromatic rings. The van der Waals surface area contributed by atoms with Gasteiger partial charge in [-0.2, -0.15) is 0 Å². The highest BCUT2D eigenvalue weighted by atomic mass is 16.5. The van der Waals surface area contributed by atoms with Crippen LogP contribution in [-0.4, -0.2) is 48.7 Å². The molecule has 1 aliphatic rings. The maximum absolute atomic E-state index is 11.1. The molecule has 5 nitrogen and oxygen atoms in total. The summed E-state index contributed by atoms with van der Waals surface area (Å²) < 4.78 is 9.37. The molecular formula is C9H14O5. The normalized spacial score (nSPS) is 32.3. The number of carbonyl (C=O) groups excluding carboxylic acids is 1. The number of esters is 1. The van der Waals surface area contributed by atoms with Crippen molar-refractivity contribution in [3.8, 4) is 0 Å². The number of hydrogen-bond donors (Lipinski definition) is 2. The smallest absolute Gasteiger partial charge is 0.333 e. The molecule has 14 heavy (non-hydrogen) atoms. The molecule has 0 unspecified atom stereocenters. The average Bonchev–Trinajstić information content (AvgIpc) is 2.16. The zero-order valence-electron chi connectivity index (χ0n) is 8.14. The maximum Gasteiger partial charge on any atom is 0.333 e. The lowest BCUT2D eigenvalue weighted by molar-refractivity contribution is -0.138. The van der Waals surface area contributed by atoms with E-state index in [2.05, 4.69) is 4.74 Å². The molecule has 0 aliphatic heterocycles. The Balaban J connectivity index is 2.79. The summed E-state index contributed by atoms with van der Waals surface area (Å²) in [5, 5.41) is 19.0. The first kappa shape index (κ1) is 11.2. The van der Waals surface area contributed by atoms with Crippen molar-refractivity contribution in [3.05, 3.63) is 11.6 Å². The molecule has 0 saturated heterocycles. The fourth-order valence-electron chi connectivity index (χ4n) is 1.52. The van der Waals surface area contributed by atoms with E-state index in [0.717, 1.165) is 0 Å². The summed E-state index contributed by atoms with van der Waals surface area (Å²) in [6.07, 6.45) is -1.04. The second-order valence-electron chi connectivity index (χ2n) is 3.15. The van der Waals surface area contributed by atoms with Crippen molar-refractivity contribution in [3.63, 3.8) is 0 Å². The van der Waals surface area contributed by atoms with Crippen molar-refractivity contribution in [2.24, 2.45) is 0 Å². The Morgan fingerprint density at radius 1 is 1.50 bits per heavy atom. The van der Waals surface area contributed by atoms with Crippen molar-refractivity contribution >= 4 is 5.97 Å². The van der Waals surface area contributed by atoms with E-state index in [1.165, 1.54) is 20.3 Å². The number of ether oxygens (including phenoxy) is 2. The zero-order chi connectivity index (χ0) is 10.7. The first-order valence-corrected chi connectivity index (χ1v) is 4.28. The van der Waals surface area contributed by atoms with E-state index in [0.29, 0.717) is 0 Å². The van der Waals surface area contributed by atoms with Gasteiger partial charge < -0.3 is 19.7 Å². The third-order valence-electron chi connectivity index (χ3n) is 2.24. The fourth-order valence-corrected chi connectivity index (χ4v) is 1.52. The van der Waals surface area contributed by atoms with E-state index >= 15 is 0 Å². The quantitative estimate of drug-likeness (QED) is 0.575. The van der Waals surface area contributed by atoms with Crippen LogP contribution in [0.1, 0.15) is 6.42 Å². The molecule has 0 spiro atoms. The molecule has 0 bridgehead atoms. The van der Waals surface area contributed by atoms with Gasteiger partial charge in [-0.3, -0.25) is 0 Å². The SMILES string of the molecule is COC(=O)C1=C[C@@H](O)[C@@H](OC)[C@H](O)C1. The topological polar surface area (TPSA) is 76.0 Å². The number of methoxy groups -OCH3 is 2. The standard InChI is InChI=1S/C9H14O5/c1-13-8-6(10)3-5(4-7(8)11)9(12)14-2/h3,6-8,10-11H,4H2,1-2H3/t6-,7-,8-/m1/s1. The third-order valence-corrected chi connectivity index (χ3v) is 2.24. The maximum atomic E-state index is 11.1. The van der Waals surface area contributed by atoms with Crippen LogP contribution < -0.4 is 0 Å². The van der Waals surface area contributed by atoms with E-state index in [1.54, 1.807) is 0 Å². The van der Waals surface area contributed by atoms with E-state index in [1.807, 2.05) is 0 Å². The second-order valence-corrected chi connectivity index (χ2v) is 3.15. The number of hydrogen-bond acceptors (Lipinski definition) is 5. The van der Waals surface area contributed by atoms with E-state index in [-0.39, 0.29) is 12.0 Å². The predicted octanol–water partition coefficient (Wildman–Crippen LogP) is -0.774. The van der Waals surface area contributed by atoms with Gasteiger partial charge in [-0.25, -0.2) is 4.79 Å². The van der Waals surface area contributed by atoms with Crippen LogP contribution in [0.5, 0.6) is 0 Å². The molecule has 0 heterocycles. The fraction of sp³-hybridized carbons (Fsp3) is 0.667. The van der Waals surface area contributed by atoms with Crippen LogP contribution in [0.3, 0.4) is 0 Å². The summed E-state index contributed by atoms with van der Waals surface area (Å²) >= 11 is 0. The first-order chi connectivity index (χ1) is 6.60. The summed E-state index contributed by atoms with van der Waals surface area (Å²) in [5.74, 6) is -0.530. The van der Waals surface area contributed by atoms with Crippen molar-refractivity contribution in [2.75, 3.05) is 14.2 Å². The van der Waals surface area contributed by atoms with Gasteiger partial charge in [0.05, 0.1) is 13.2 Å². The van der Waals surface area contributed by atoms with Crippen molar-refractivity contribution in [1.29, 1.82) is 0 Å². The zero-order valence-corrected chi connectivity index (χ0v) is 8.14. The molecule has 1 aliphatic carbocycles. The molecule has 80 valence electrons. The average molecular weight is 202 g/mol. The molecule has 0 saturated carbocycles. The number of rotatable bonds is 2. The van der Waals surface area contributed by atoms with Crippen LogP contribution in [-0.2, 0) is 14.3 Å². The minimum absolute atomic E-state index is 0.141. The van der Waals surface area contributed by atoms with E-state index < -0.39 is 24.3 Å². The molecular weight excluding hydrogens is 188 g/mol. The van der Waals surface area contributed by atoms with Crippen molar-refractivity contribution < 1.29 is 24.5 Å².